The fraction of sp³-hybridized carbons (Fsp3) is 0.0952. The highest BCUT2D eigenvalue weighted by molar-refractivity contribution is 8.00. The normalized spacial score (nSPS) is 16.1. The Morgan fingerprint density at radius 2 is 1.55 bits per heavy atom. The van der Waals surface area contributed by atoms with E-state index in [4.69, 9.17) is 16.3 Å². The first-order valence-corrected chi connectivity index (χ1v) is 10.2. The van der Waals surface area contributed by atoms with Crippen molar-refractivity contribution in [3.63, 3.8) is 0 Å². The highest BCUT2D eigenvalue weighted by Gasteiger charge is 2.34. The van der Waals surface area contributed by atoms with Crippen molar-refractivity contribution in [1.82, 2.24) is 0 Å². The summed E-state index contributed by atoms with van der Waals surface area (Å²) in [4.78, 5) is 24.6. The molecule has 3 aromatic rings. The number of ether oxygens (including phenoxy) is 1. The number of non-ortho nitro benzene ring substituents is 1. The third-order valence-electron chi connectivity index (χ3n) is 4.42. The molecule has 0 saturated carbocycles. The average Bonchev–Trinajstić information content (AvgIpc) is 3.12. The van der Waals surface area contributed by atoms with Gasteiger partial charge in [-0.15, -0.1) is 11.8 Å². The van der Waals surface area contributed by atoms with Crippen LogP contribution in [0.3, 0.4) is 0 Å². The molecule has 1 amide bonds. The van der Waals surface area contributed by atoms with Crippen molar-refractivity contribution in [2.45, 2.75) is 5.37 Å². The predicted octanol–water partition coefficient (Wildman–Crippen LogP) is 5.82. The second kappa shape index (κ2) is 8.14. The Bertz CT molecular complexity index is 1040. The molecule has 4 rings (SSSR count). The molecule has 0 unspecified atom stereocenters. The molecule has 0 radical (unpaired) electrons. The van der Waals surface area contributed by atoms with Crippen LogP contribution >= 0.6 is 23.4 Å². The summed E-state index contributed by atoms with van der Waals surface area (Å²) in [7, 11) is 0. The second-order valence-electron chi connectivity index (χ2n) is 6.33. The van der Waals surface area contributed by atoms with E-state index in [2.05, 4.69) is 0 Å². The minimum absolute atomic E-state index is 0.00952. The fourth-order valence-corrected chi connectivity index (χ4v) is 4.33. The Labute approximate surface area is 176 Å². The molecule has 0 bridgehead atoms. The van der Waals surface area contributed by atoms with Gasteiger partial charge >= 0.3 is 0 Å². The lowest BCUT2D eigenvalue weighted by Gasteiger charge is -2.24. The molecule has 1 heterocycles. The SMILES string of the molecule is O=C1CS[C@@H](c2ccc([N+](=O)[O-])cc2)N1c1ccc(Oc2ccc(Cl)cc2)cc1. The number of carbonyl (C=O) groups excluding carboxylic acids is 1. The molecule has 0 aromatic heterocycles. The molecule has 3 aromatic carbocycles. The molecular formula is C21H15ClN2O4S. The van der Waals surface area contributed by atoms with E-state index in [1.807, 2.05) is 12.1 Å². The standard InChI is InChI=1S/C21H15ClN2O4S/c22-15-3-9-18(10-4-15)28-19-11-7-16(8-12-19)23-20(25)13-29-21(23)14-1-5-17(6-2-14)24(26)27/h1-12,21H,13H2/t21-/m0/s1. The van der Waals surface area contributed by atoms with E-state index in [9.17, 15) is 14.9 Å². The topological polar surface area (TPSA) is 72.7 Å². The van der Waals surface area contributed by atoms with Crippen LogP contribution in [0, 0.1) is 10.1 Å². The van der Waals surface area contributed by atoms with Gasteiger partial charge in [0.05, 0.1) is 10.7 Å². The second-order valence-corrected chi connectivity index (χ2v) is 7.83. The van der Waals surface area contributed by atoms with Crippen LogP contribution in [0.4, 0.5) is 11.4 Å². The summed E-state index contributed by atoms with van der Waals surface area (Å²) in [6, 6.07) is 20.6. The lowest BCUT2D eigenvalue weighted by atomic mass is 10.1. The average molecular weight is 427 g/mol. The number of amides is 1. The number of nitro benzene ring substituents is 1. The quantitative estimate of drug-likeness (QED) is 0.379. The zero-order valence-corrected chi connectivity index (χ0v) is 16.6. The smallest absolute Gasteiger partial charge is 0.269 e. The van der Waals surface area contributed by atoms with Crippen LogP contribution in [0.1, 0.15) is 10.9 Å². The molecular weight excluding hydrogens is 412 g/mol. The number of nitro groups is 1. The summed E-state index contributed by atoms with van der Waals surface area (Å²) < 4.78 is 5.79. The first-order valence-electron chi connectivity index (χ1n) is 8.73. The largest absolute Gasteiger partial charge is 0.457 e. The number of carbonyl (C=O) groups is 1. The molecule has 1 atom stereocenters. The van der Waals surface area contributed by atoms with E-state index in [0.717, 1.165) is 11.3 Å². The monoisotopic (exact) mass is 426 g/mol. The number of halogens is 1. The molecule has 8 heteroatoms. The van der Waals surface area contributed by atoms with Gasteiger partial charge in [0.2, 0.25) is 5.91 Å². The Hall–Kier alpha value is -3.03. The van der Waals surface area contributed by atoms with Gasteiger partial charge in [0.15, 0.2) is 0 Å². The van der Waals surface area contributed by atoms with Crippen LogP contribution in [0.25, 0.3) is 0 Å². The summed E-state index contributed by atoms with van der Waals surface area (Å²) in [5, 5.41) is 11.3. The number of thioether (sulfide) groups is 1. The van der Waals surface area contributed by atoms with Gasteiger partial charge in [0, 0.05) is 22.8 Å². The number of benzene rings is 3. The van der Waals surface area contributed by atoms with Crippen LogP contribution in [0.2, 0.25) is 5.02 Å². The molecule has 0 aliphatic carbocycles. The van der Waals surface area contributed by atoms with Crippen LogP contribution < -0.4 is 9.64 Å². The van der Waals surface area contributed by atoms with Gasteiger partial charge in [0.25, 0.3) is 5.69 Å². The van der Waals surface area contributed by atoms with Crippen molar-refractivity contribution in [3.8, 4) is 11.5 Å². The highest BCUT2D eigenvalue weighted by atomic mass is 35.5. The summed E-state index contributed by atoms with van der Waals surface area (Å²) in [6.07, 6.45) is 0. The first-order chi connectivity index (χ1) is 14.0. The molecule has 1 saturated heterocycles. The molecule has 0 spiro atoms. The minimum Gasteiger partial charge on any atom is -0.457 e. The Morgan fingerprint density at radius 1 is 0.966 bits per heavy atom. The number of rotatable bonds is 5. The van der Waals surface area contributed by atoms with Gasteiger partial charge < -0.3 is 4.74 Å². The lowest BCUT2D eigenvalue weighted by Crippen LogP contribution is -2.27. The van der Waals surface area contributed by atoms with E-state index in [1.165, 1.54) is 23.9 Å². The molecule has 1 fully saturated rings. The third kappa shape index (κ3) is 4.21. The van der Waals surface area contributed by atoms with Crippen molar-refractivity contribution in [2.75, 3.05) is 10.7 Å². The Balaban J connectivity index is 1.54. The summed E-state index contributed by atoms with van der Waals surface area (Å²) >= 11 is 7.37. The summed E-state index contributed by atoms with van der Waals surface area (Å²) in [6.45, 7) is 0. The van der Waals surface area contributed by atoms with Crippen molar-refractivity contribution >= 4 is 40.6 Å². The van der Waals surface area contributed by atoms with Gasteiger partial charge in [-0.3, -0.25) is 19.8 Å². The van der Waals surface area contributed by atoms with Crippen molar-refractivity contribution in [3.05, 3.63) is 93.5 Å². The van der Waals surface area contributed by atoms with E-state index in [0.29, 0.717) is 22.3 Å². The van der Waals surface area contributed by atoms with Crippen LogP contribution in [0.5, 0.6) is 11.5 Å². The zero-order chi connectivity index (χ0) is 20.4. The van der Waals surface area contributed by atoms with E-state index in [-0.39, 0.29) is 17.0 Å². The third-order valence-corrected chi connectivity index (χ3v) is 5.89. The van der Waals surface area contributed by atoms with E-state index < -0.39 is 4.92 Å². The van der Waals surface area contributed by atoms with Crippen LogP contribution in [-0.4, -0.2) is 16.6 Å². The van der Waals surface area contributed by atoms with E-state index in [1.54, 1.807) is 53.4 Å². The summed E-state index contributed by atoms with van der Waals surface area (Å²) in [5.41, 5.74) is 1.61. The lowest BCUT2D eigenvalue weighted by molar-refractivity contribution is -0.384. The van der Waals surface area contributed by atoms with Gasteiger partial charge in [-0.1, -0.05) is 11.6 Å². The molecule has 6 nitrogen and oxygen atoms in total. The fourth-order valence-electron chi connectivity index (χ4n) is 3.02. The Kier molecular flexibility index (Phi) is 5.42. The van der Waals surface area contributed by atoms with Crippen molar-refractivity contribution in [1.29, 1.82) is 0 Å². The minimum atomic E-state index is -0.437. The molecule has 1 aliphatic rings. The Morgan fingerprint density at radius 3 is 2.14 bits per heavy atom. The van der Waals surface area contributed by atoms with Gasteiger partial charge in [-0.25, -0.2) is 0 Å². The number of nitrogens with zero attached hydrogens (tertiary/aromatic N) is 2. The predicted molar refractivity (Wildman–Crippen MR) is 114 cm³/mol. The summed E-state index contributed by atoms with van der Waals surface area (Å²) in [5.74, 6) is 1.65. The number of hydrogen-bond donors (Lipinski definition) is 0. The molecule has 29 heavy (non-hydrogen) atoms. The van der Waals surface area contributed by atoms with Gasteiger partial charge in [0.1, 0.15) is 16.9 Å². The van der Waals surface area contributed by atoms with E-state index >= 15 is 0 Å². The zero-order valence-electron chi connectivity index (χ0n) is 15.0. The molecule has 146 valence electrons. The maximum atomic E-state index is 12.5. The van der Waals surface area contributed by atoms with Crippen LogP contribution in [-0.2, 0) is 4.79 Å². The first kappa shape index (κ1) is 19.3. The van der Waals surface area contributed by atoms with Crippen LogP contribution in [0.15, 0.2) is 72.8 Å². The van der Waals surface area contributed by atoms with Gasteiger partial charge in [-0.2, -0.15) is 0 Å². The van der Waals surface area contributed by atoms with Crippen molar-refractivity contribution in [2.24, 2.45) is 0 Å². The molecule has 1 aliphatic heterocycles. The molecule has 0 N–H and O–H groups in total. The van der Waals surface area contributed by atoms with Crippen molar-refractivity contribution < 1.29 is 14.5 Å². The van der Waals surface area contributed by atoms with Gasteiger partial charge in [-0.05, 0) is 66.2 Å². The maximum absolute atomic E-state index is 12.5. The maximum Gasteiger partial charge on any atom is 0.269 e. The number of anilines is 1. The highest BCUT2D eigenvalue weighted by Crippen LogP contribution is 2.42. The number of hydrogen-bond acceptors (Lipinski definition) is 5.